The van der Waals surface area contributed by atoms with Crippen LogP contribution in [0.15, 0.2) is 18.2 Å². The Morgan fingerprint density at radius 3 is 2.65 bits per heavy atom. The van der Waals surface area contributed by atoms with E-state index in [0.29, 0.717) is 5.56 Å². The van der Waals surface area contributed by atoms with Gasteiger partial charge in [0.2, 0.25) is 11.6 Å². The van der Waals surface area contributed by atoms with E-state index < -0.39 is 11.2 Å². The van der Waals surface area contributed by atoms with Crippen LogP contribution in [0.2, 0.25) is 0 Å². The molecule has 2 aliphatic carbocycles. The highest BCUT2D eigenvalue weighted by Crippen LogP contribution is 2.58. The average molecular weight is 272 g/mol. The van der Waals surface area contributed by atoms with E-state index in [4.69, 9.17) is 0 Å². The molecule has 3 rings (SSSR count). The SMILES string of the molecule is CC1CCC[C@]2(C)c3ccc(O)cc3C(=O)C(=O)[C@]12C. The Morgan fingerprint density at radius 2 is 1.95 bits per heavy atom. The average Bonchev–Trinajstić information content (AvgIpc) is 2.41. The summed E-state index contributed by atoms with van der Waals surface area (Å²) < 4.78 is 0. The zero-order valence-corrected chi connectivity index (χ0v) is 12.2. The number of rotatable bonds is 0. The van der Waals surface area contributed by atoms with Gasteiger partial charge in [-0.05, 0) is 36.5 Å². The summed E-state index contributed by atoms with van der Waals surface area (Å²) in [5, 5.41) is 9.62. The van der Waals surface area contributed by atoms with Crippen LogP contribution in [-0.2, 0) is 10.2 Å². The molecule has 20 heavy (non-hydrogen) atoms. The van der Waals surface area contributed by atoms with E-state index in [1.807, 2.05) is 13.0 Å². The summed E-state index contributed by atoms with van der Waals surface area (Å²) in [6.45, 7) is 6.13. The number of benzene rings is 1. The predicted octanol–water partition coefficient (Wildman–Crippen LogP) is 3.24. The number of aromatic hydroxyl groups is 1. The summed E-state index contributed by atoms with van der Waals surface area (Å²) in [6, 6.07) is 4.89. The Morgan fingerprint density at radius 1 is 1.25 bits per heavy atom. The standard InChI is InChI=1S/C17H20O3/c1-10-5-4-8-16(2)13-7-6-11(18)9-12(13)14(19)15(20)17(10,16)3/h6-7,9-10,18H,4-5,8H2,1-3H3/t10?,16-,17+/m1/s1. The van der Waals surface area contributed by atoms with E-state index in [-0.39, 0.29) is 22.9 Å². The van der Waals surface area contributed by atoms with E-state index >= 15 is 0 Å². The molecule has 0 amide bonds. The van der Waals surface area contributed by atoms with Crippen LogP contribution in [0.3, 0.4) is 0 Å². The minimum absolute atomic E-state index is 0.0426. The third-order valence-corrected chi connectivity index (χ3v) is 5.97. The largest absolute Gasteiger partial charge is 0.508 e. The molecule has 0 saturated heterocycles. The van der Waals surface area contributed by atoms with E-state index in [9.17, 15) is 14.7 Å². The first kappa shape index (κ1) is 13.3. The number of carbonyl (C=O) groups excluding carboxylic acids is 2. The fourth-order valence-corrected chi connectivity index (χ4v) is 4.30. The molecule has 3 atom stereocenters. The Bertz CT molecular complexity index is 619. The van der Waals surface area contributed by atoms with Crippen molar-refractivity contribution < 1.29 is 14.7 Å². The Hall–Kier alpha value is -1.64. The molecular formula is C17H20O3. The van der Waals surface area contributed by atoms with Crippen LogP contribution in [-0.4, -0.2) is 16.7 Å². The summed E-state index contributed by atoms with van der Waals surface area (Å²) in [7, 11) is 0. The molecular weight excluding hydrogens is 252 g/mol. The van der Waals surface area contributed by atoms with Gasteiger partial charge in [0.25, 0.3) is 0 Å². The molecule has 0 aromatic heterocycles. The lowest BCUT2D eigenvalue weighted by atomic mass is 9.46. The van der Waals surface area contributed by atoms with E-state index in [2.05, 4.69) is 13.8 Å². The Balaban J connectivity index is 2.33. The number of phenolic OH excluding ortho intramolecular Hbond substituents is 1. The van der Waals surface area contributed by atoms with Crippen molar-refractivity contribution >= 4 is 11.6 Å². The van der Waals surface area contributed by atoms with Crippen LogP contribution >= 0.6 is 0 Å². The van der Waals surface area contributed by atoms with Crippen LogP contribution in [0.1, 0.15) is 56.0 Å². The third kappa shape index (κ3) is 1.36. The van der Waals surface area contributed by atoms with Gasteiger partial charge in [-0.3, -0.25) is 9.59 Å². The molecule has 0 bridgehead atoms. The molecule has 0 spiro atoms. The molecule has 3 heteroatoms. The molecule has 1 saturated carbocycles. The van der Waals surface area contributed by atoms with Crippen molar-refractivity contribution in [3.05, 3.63) is 29.3 Å². The van der Waals surface area contributed by atoms with Gasteiger partial charge in [-0.2, -0.15) is 0 Å². The number of hydrogen-bond donors (Lipinski definition) is 1. The van der Waals surface area contributed by atoms with Crippen LogP contribution in [0.5, 0.6) is 5.75 Å². The monoisotopic (exact) mass is 272 g/mol. The zero-order valence-electron chi connectivity index (χ0n) is 12.2. The fourth-order valence-electron chi connectivity index (χ4n) is 4.30. The van der Waals surface area contributed by atoms with Crippen LogP contribution in [0.4, 0.5) is 0 Å². The van der Waals surface area contributed by atoms with Gasteiger partial charge in [0, 0.05) is 16.4 Å². The molecule has 1 aromatic rings. The first-order valence-corrected chi connectivity index (χ1v) is 7.25. The second-order valence-electron chi connectivity index (χ2n) is 6.72. The van der Waals surface area contributed by atoms with Crippen LogP contribution in [0.25, 0.3) is 0 Å². The van der Waals surface area contributed by atoms with Crippen molar-refractivity contribution in [2.75, 3.05) is 0 Å². The summed E-state index contributed by atoms with van der Waals surface area (Å²) in [4.78, 5) is 25.2. The molecule has 106 valence electrons. The second-order valence-corrected chi connectivity index (χ2v) is 6.72. The highest BCUT2D eigenvalue weighted by molar-refractivity contribution is 6.47. The van der Waals surface area contributed by atoms with E-state index in [0.717, 1.165) is 24.8 Å². The fraction of sp³-hybridized carbons (Fsp3) is 0.529. The lowest BCUT2D eigenvalue weighted by molar-refractivity contribution is -0.134. The summed E-state index contributed by atoms with van der Waals surface area (Å²) >= 11 is 0. The maximum absolute atomic E-state index is 12.7. The van der Waals surface area contributed by atoms with Gasteiger partial charge in [-0.25, -0.2) is 0 Å². The summed E-state index contributed by atoms with van der Waals surface area (Å²) in [6.07, 6.45) is 2.96. The number of hydrogen-bond acceptors (Lipinski definition) is 3. The summed E-state index contributed by atoms with van der Waals surface area (Å²) in [5.74, 6) is -0.490. The number of phenols is 1. The minimum Gasteiger partial charge on any atom is -0.508 e. The van der Waals surface area contributed by atoms with Crippen molar-refractivity contribution in [1.29, 1.82) is 0 Å². The lowest BCUT2D eigenvalue weighted by Crippen LogP contribution is -2.59. The third-order valence-electron chi connectivity index (χ3n) is 5.97. The molecule has 0 heterocycles. The number of ketones is 2. The molecule has 1 N–H and O–H groups in total. The lowest BCUT2D eigenvalue weighted by Gasteiger charge is -2.55. The van der Waals surface area contributed by atoms with Gasteiger partial charge in [-0.1, -0.05) is 33.3 Å². The second kappa shape index (κ2) is 3.94. The number of Topliss-reactive ketones (excluding diaryl/α,β-unsaturated/α-hetero) is 2. The molecule has 0 radical (unpaired) electrons. The molecule has 1 fully saturated rings. The van der Waals surface area contributed by atoms with Gasteiger partial charge < -0.3 is 5.11 Å². The van der Waals surface area contributed by atoms with Gasteiger partial charge in [0.05, 0.1) is 0 Å². The molecule has 1 unspecified atom stereocenters. The summed E-state index contributed by atoms with van der Waals surface area (Å²) in [5.41, 5.74) is 0.364. The molecule has 1 aromatic carbocycles. The van der Waals surface area contributed by atoms with E-state index in [1.54, 1.807) is 6.07 Å². The van der Waals surface area contributed by atoms with Crippen molar-refractivity contribution in [3.63, 3.8) is 0 Å². The zero-order chi connectivity index (χ0) is 14.7. The topological polar surface area (TPSA) is 54.4 Å². The van der Waals surface area contributed by atoms with Gasteiger partial charge in [-0.15, -0.1) is 0 Å². The van der Waals surface area contributed by atoms with Gasteiger partial charge in [0.15, 0.2) is 0 Å². The normalized spacial score (nSPS) is 36.5. The Labute approximate surface area is 119 Å². The Kier molecular flexibility index (Phi) is 2.63. The first-order chi connectivity index (χ1) is 9.32. The van der Waals surface area contributed by atoms with Gasteiger partial charge >= 0.3 is 0 Å². The number of fused-ring (bicyclic) bond motifs is 3. The maximum atomic E-state index is 12.7. The highest BCUT2D eigenvalue weighted by Gasteiger charge is 2.60. The van der Waals surface area contributed by atoms with E-state index in [1.165, 1.54) is 6.07 Å². The predicted molar refractivity (Wildman–Crippen MR) is 75.9 cm³/mol. The molecule has 3 nitrogen and oxygen atoms in total. The van der Waals surface area contributed by atoms with Crippen molar-refractivity contribution in [1.82, 2.24) is 0 Å². The first-order valence-electron chi connectivity index (χ1n) is 7.25. The molecule has 2 aliphatic rings. The number of carbonyl (C=O) groups is 2. The van der Waals surface area contributed by atoms with Crippen LogP contribution in [0, 0.1) is 11.3 Å². The highest BCUT2D eigenvalue weighted by atomic mass is 16.3. The quantitative estimate of drug-likeness (QED) is 0.738. The smallest absolute Gasteiger partial charge is 0.229 e. The van der Waals surface area contributed by atoms with Crippen molar-refractivity contribution in [2.45, 2.75) is 45.4 Å². The van der Waals surface area contributed by atoms with Crippen molar-refractivity contribution in [2.24, 2.45) is 11.3 Å². The molecule has 0 aliphatic heterocycles. The van der Waals surface area contributed by atoms with Gasteiger partial charge in [0.1, 0.15) is 5.75 Å². The van der Waals surface area contributed by atoms with Crippen LogP contribution < -0.4 is 0 Å². The maximum Gasteiger partial charge on any atom is 0.229 e. The minimum atomic E-state index is -0.633. The van der Waals surface area contributed by atoms with Crippen molar-refractivity contribution in [3.8, 4) is 5.75 Å².